The molecule has 0 aromatic rings. The lowest BCUT2D eigenvalue weighted by Crippen LogP contribution is -2.44. The van der Waals surface area contributed by atoms with E-state index in [1.165, 1.54) is 7.11 Å². The van der Waals surface area contributed by atoms with Gasteiger partial charge in [-0.3, -0.25) is 14.4 Å². The Bertz CT molecular complexity index is 568. The van der Waals surface area contributed by atoms with Crippen LogP contribution in [0.2, 0.25) is 0 Å². The van der Waals surface area contributed by atoms with E-state index >= 15 is 0 Å². The van der Waals surface area contributed by atoms with Crippen molar-refractivity contribution in [3.63, 3.8) is 0 Å². The maximum Gasteiger partial charge on any atom is 0.321 e. The predicted molar refractivity (Wildman–Crippen MR) is 76.7 cm³/mol. The van der Waals surface area contributed by atoms with Gasteiger partial charge in [0.1, 0.15) is 11.4 Å². The highest BCUT2D eigenvalue weighted by Crippen LogP contribution is 2.49. The molecule has 0 aromatic heterocycles. The van der Waals surface area contributed by atoms with Gasteiger partial charge < -0.3 is 14.2 Å². The van der Waals surface area contributed by atoms with Gasteiger partial charge in [-0.1, -0.05) is 0 Å². The van der Waals surface area contributed by atoms with Crippen LogP contribution < -0.4 is 0 Å². The van der Waals surface area contributed by atoms with Crippen LogP contribution in [-0.4, -0.2) is 36.0 Å². The molecule has 1 fully saturated rings. The molecule has 0 bridgehead atoms. The number of ketones is 1. The van der Waals surface area contributed by atoms with Gasteiger partial charge in [0.05, 0.1) is 7.11 Å². The number of rotatable bonds is 2. The van der Waals surface area contributed by atoms with Crippen molar-refractivity contribution in [3.8, 4) is 0 Å². The van der Waals surface area contributed by atoms with E-state index in [1.807, 2.05) is 0 Å². The molecule has 2 rings (SSSR count). The molecule has 1 saturated heterocycles. The Morgan fingerprint density at radius 3 is 2.41 bits per heavy atom. The molecule has 0 spiro atoms. The third-order valence-electron chi connectivity index (χ3n) is 4.16. The lowest BCUT2D eigenvalue weighted by Gasteiger charge is -2.36. The van der Waals surface area contributed by atoms with E-state index in [2.05, 4.69) is 0 Å². The minimum atomic E-state index is -1.11. The summed E-state index contributed by atoms with van der Waals surface area (Å²) in [4.78, 5) is 36.7. The summed E-state index contributed by atoms with van der Waals surface area (Å²) >= 11 is 0. The molecule has 1 aliphatic carbocycles. The lowest BCUT2D eigenvalue weighted by molar-refractivity contribution is -0.165. The summed E-state index contributed by atoms with van der Waals surface area (Å²) in [5.74, 6) is -2.88. The third-order valence-corrected chi connectivity index (χ3v) is 4.16. The SMILES string of the molecule is COC1=C(C)C(=O)C[C@@H]2[C@@H](C(=O)OC(C)(C)C)C(=O)O[C@]12C. The first-order valence-electron chi connectivity index (χ1n) is 7.25. The second kappa shape index (κ2) is 5.11. The zero-order valence-electron chi connectivity index (χ0n) is 13.8. The Morgan fingerprint density at radius 1 is 1.32 bits per heavy atom. The molecule has 1 heterocycles. The summed E-state index contributed by atoms with van der Waals surface area (Å²) in [6, 6.07) is 0. The van der Waals surface area contributed by atoms with Crippen molar-refractivity contribution in [2.75, 3.05) is 7.11 Å². The fraction of sp³-hybridized carbons (Fsp3) is 0.688. The third kappa shape index (κ3) is 2.51. The first-order chi connectivity index (χ1) is 10.0. The molecule has 0 saturated carbocycles. The lowest BCUT2D eigenvalue weighted by atomic mass is 9.72. The number of ether oxygens (including phenoxy) is 3. The molecule has 2 aliphatic rings. The molecule has 0 radical (unpaired) electrons. The van der Waals surface area contributed by atoms with E-state index in [0.29, 0.717) is 11.3 Å². The Balaban J connectivity index is 2.41. The minimum Gasteiger partial charge on any atom is -0.496 e. The largest absolute Gasteiger partial charge is 0.496 e. The van der Waals surface area contributed by atoms with Crippen molar-refractivity contribution < 1.29 is 28.6 Å². The minimum absolute atomic E-state index is 0.0604. The quantitative estimate of drug-likeness (QED) is 0.571. The van der Waals surface area contributed by atoms with E-state index in [9.17, 15) is 14.4 Å². The highest BCUT2D eigenvalue weighted by atomic mass is 16.6. The summed E-state index contributed by atoms with van der Waals surface area (Å²) in [5, 5.41) is 0. The van der Waals surface area contributed by atoms with Crippen molar-refractivity contribution in [3.05, 3.63) is 11.3 Å². The first kappa shape index (κ1) is 16.5. The Labute approximate surface area is 129 Å². The maximum atomic E-state index is 12.4. The topological polar surface area (TPSA) is 78.9 Å². The molecule has 22 heavy (non-hydrogen) atoms. The molecule has 6 heteroatoms. The number of carbonyl (C=O) groups excluding carboxylic acids is 3. The Kier molecular flexibility index (Phi) is 3.83. The fourth-order valence-corrected chi connectivity index (χ4v) is 3.19. The molecule has 1 aliphatic heterocycles. The standard InChI is InChI=1S/C16H22O6/c1-8-10(17)7-9-11(13(18)21-15(2,3)4)14(19)22-16(9,5)12(8)20-6/h9,11H,7H2,1-6H3/t9-,11+,16+/m1/s1. The van der Waals surface area contributed by atoms with E-state index in [4.69, 9.17) is 14.2 Å². The molecule has 122 valence electrons. The van der Waals surface area contributed by atoms with E-state index in [-0.39, 0.29) is 12.2 Å². The molecule has 0 aromatic carbocycles. The number of carbonyl (C=O) groups is 3. The van der Waals surface area contributed by atoms with Gasteiger partial charge in [-0.25, -0.2) is 0 Å². The Morgan fingerprint density at radius 2 is 1.91 bits per heavy atom. The van der Waals surface area contributed by atoms with E-state index in [1.54, 1.807) is 34.6 Å². The van der Waals surface area contributed by atoms with Gasteiger partial charge in [-0.05, 0) is 34.6 Å². The van der Waals surface area contributed by atoms with E-state index in [0.717, 1.165) is 0 Å². The molecule has 6 nitrogen and oxygen atoms in total. The van der Waals surface area contributed by atoms with E-state index < -0.39 is 35.0 Å². The highest BCUT2D eigenvalue weighted by molar-refractivity contribution is 6.02. The number of fused-ring (bicyclic) bond motifs is 1. The van der Waals surface area contributed by atoms with Crippen molar-refractivity contribution in [2.45, 2.75) is 52.2 Å². The van der Waals surface area contributed by atoms with Gasteiger partial charge in [0.15, 0.2) is 17.3 Å². The summed E-state index contributed by atoms with van der Waals surface area (Å²) < 4.78 is 16.1. The fourth-order valence-electron chi connectivity index (χ4n) is 3.19. The molecular weight excluding hydrogens is 288 g/mol. The monoisotopic (exact) mass is 310 g/mol. The Hall–Kier alpha value is -1.85. The average molecular weight is 310 g/mol. The van der Waals surface area contributed by atoms with Crippen LogP contribution in [0.15, 0.2) is 11.3 Å². The predicted octanol–water partition coefficient (Wildman–Crippen LogP) is 1.77. The van der Waals surface area contributed by atoms with Gasteiger partial charge in [0.2, 0.25) is 0 Å². The normalized spacial score (nSPS) is 31.7. The van der Waals surface area contributed by atoms with Crippen molar-refractivity contribution in [1.82, 2.24) is 0 Å². The van der Waals surface area contributed by atoms with Crippen LogP contribution in [0.4, 0.5) is 0 Å². The van der Waals surface area contributed by atoms with Crippen LogP contribution in [0.25, 0.3) is 0 Å². The zero-order valence-corrected chi connectivity index (χ0v) is 13.8. The number of methoxy groups -OCH3 is 1. The summed E-state index contributed by atoms with van der Waals surface area (Å²) in [5.41, 5.74) is -1.39. The van der Waals surface area contributed by atoms with Crippen LogP contribution in [0.3, 0.4) is 0 Å². The van der Waals surface area contributed by atoms with Crippen molar-refractivity contribution in [1.29, 1.82) is 0 Å². The average Bonchev–Trinajstić information content (AvgIpc) is 2.59. The van der Waals surface area contributed by atoms with Gasteiger partial charge in [0.25, 0.3) is 0 Å². The molecular formula is C16H22O6. The number of Topliss-reactive ketones (excluding diaryl/α,β-unsaturated/α-hetero) is 1. The second-order valence-corrected chi connectivity index (χ2v) is 6.93. The van der Waals surface area contributed by atoms with Gasteiger partial charge in [0, 0.05) is 17.9 Å². The second-order valence-electron chi connectivity index (χ2n) is 6.93. The summed E-state index contributed by atoms with van der Waals surface area (Å²) in [6.45, 7) is 8.48. The van der Waals surface area contributed by atoms with Crippen LogP contribution in [0.5, 0.6) is 0 Å². The van der Waals surface area contributed by atoms with Crippen LogP contribution in [0.1, 0.15) is 41.0 Å². The smallest absolute Gasteiger partial charge is 0.321 e. The molecule has 3 atom stereocenters. The van der Waals surface area contributed by atoms with Crippen LogP contribution in [-0.2, 0) is 28.6 Å². The zero-order chi connectivity index (χ0) is 16.9. The van der Waals surface area contributed by atoms with Crippen molar-refractivity contribution >= 4 is 17.7 Å². The van der Waals surface area contributed by atoms with Gasteiger partial charge in [-0.15, -0.1) is 0 Å². The van der Waals surface area contributed by atoms with Crippen LogP contribution in [0, 0.1) is 11.8 Å². The summed E-state index contributed by atoms with van der Waals surface area (Å²) in [6.07, 6.45) is 0.0604. The van der Waals surface area contributed by atoms with Crippen molar-refractivity contribution in [2.24, 2.45) is 11.8 Å². The maximum absolute atomic E-state index is 12.4. The van der Waals surface area contributed by atoms with Gasteiger partial charge >= 0.3 is 11.9 Å². The summed E-state index contributed by atoms with van der Waals surface area (Å²) in [7, 11) is 1.42. The highest BCUT2D eigenvalue weighted by Gasteiger charge is 2.62. The molecule has 0 unspecified atom stereocenters. The molecule has 0 amide bonds. The number of hydrogen-bond acceptors (Lipinski definition) is 6. The molecule has 0 N–H and O–H groups in total. The number of allylic oxidation sites excluding steroid dienone is 1. The number of esters is 2. The first-order valence-corrected chi connectivity index (χ1v) is 7.25. The van der Waals surface area contributed by atoms with Gasteiger partial charge in [-0.2, -0.15) is 0 Å². The van der Waals surface area contributed by atoms with Crippen LogP contribution >= 0.6 is 0 Å². The number of hydrogen-bond donors (Lipinski definition) is 0.